The number of aryl methyl sites for hydroxylation is 1. The van der Waals surface area contributed by atoms with Crippen molar-refractivity contribution in [3.63, 3.8) is 0 Å². The minimum Gasteiger partial charge on any atom is -0.440 e. The van der Waals surface area contributed by atoms with E-state index in [-0.39, 0.29) is 17.0 Å². The van der Waals surface area contributed by atoms with E-state index in [2.05, 4.69) is 19.9 Å². The quantitative estimate of drug-likeness (QED) is 0.663. The zero-order chi connectivity index (χ0) is 22.7. The lowest BCUT2D eigenvalue weighted by molar-refractivity contribution is -0.896. The van der Waals surface area contributed by atoms with E-state index >= 15 is 0 Å². The van der Waals surface area contributed by atoms with E-state index in [0.717, 1.165) is 31.7 Å². The third kappa shape index (κ3) is 4.45. The van der Waals surface area contributed by atoms with Crippen LogP contribution in [0.25, 0.3) is 0 Å². The number of pyridine rings is 1. The number of quaternary nitrogens is 1. The predicted molar refractivity (Wildman–Crippen MR) is 123 cm³/mol. The summed E-state index contributed by atoms with van der Waals surface area (Å²) in [5.74, 6) is -0.420. The Morgan fingerprint density at radius 3 is 2.65 bits per heavy atom. The highest BCUT2D eigenvalue weighted by Gasteiger charge is 2.35. The molecule has 1 aromatic heterocycles. The SMILES string of the molecule is CC[NH+](CC)CCCn1c(C)cc2c(c1=O)[C@@H](c1cccc(Cl)c1Cl)C(C#N)=C(N)O2. The maximum absolute atomic E-state index is 13.6. The average Bonchev–Trinajstić information content (AvgIpc) is 2.74. The molecule has 1 aliphatic heterocycles. The molecule has 3 N–H and O–H groups in total. The second kappa shape index (κ2) is 9.78. The molecule has 0 aliphatic carbocycles. The Kier molecular flexibility index (Phi) is 7.32. The van der Waals surface area contributed by atoms with Gasteiger partial charge in [0, 0.05) is 24.7 Å². The van der Waals surface area contributed by atoms with Crippen LogP contribution in [-0.2, 0) is 6.54 Å². The predicted octanol–water partition coefficient (Wildman–Crippen LogP) is 3.00. The van der Waals surface area contributed by atoms with Gasteiger partial charge in [0.25, 0.3) is 5.56 Å². The van der Waals surface area contributed by atoms with Gasteiger partial charge in [-0.2, -0.15) is 5.26 Å². The number of aromatic nitrogens is 1. The van der Waals surface area contributed by atoms with Crippen LogP contribution in [0.3, 0.4) is 0 Å². The van der Waals surface area contributed by atoms with Gasteiger partial charge in [-0.25, -0.2) is 0 Å². The first kappa shape index (κ1) is 23.2. The molecule has 2 heterocycles. The lowest BCUT2D eigenvalue weighted by atomic mass is 9.84. The summed E-state index contributed by atoms with van der Waals surface area (Å²) in [6, 6.07) is 9.06. The Balaban J connectivity index is 2.12. The van der Waals surface area contributed by atoms with Crippen molar-refractivity contribution in [1.29, 1.82) is 5.26 Å². The van der Waals surface area contributed by atoms with E-state index in [4.69, 9.17) is 33.7 Å². The maximum atomic E-state index is 13.6. The summed E-state index contributed by atoms with van der Waals surface area (Å²) in [5.41, 5.74) is 7.69. The Morgan fingerprint density at radius 1 is 1.29 bits per heavy atom. The molecule has 3 rings (SSSR count). The Hall–Kier alpha value is -2.46. The van der Waals surface area contributed by atoms with Crippen LogP contribution in [0.4, 0.5) is 0 Å². The average molecular weight is 462 g/mol. The zero-order valence-corrected chi connectivity index (χ0v) is 19.5. The molecule has 0 saturated carbocycles. The summed E-state index contributed by atoms with van der Waals surface area (Å²) in [4.78, 5) is 15.1. The van der Waals surface area contributed by atoms with E-state index in [9.17, 15) is 10.1 Å². The first-order valence-corrected chi connectivity index (χ1v) is 11.2. The number of benzene rings is 1. The number of allylic oxidation sites excluding steroid dienone is 1. The van der Waals surface area contributed by atoms with E-state index in [1.807, 2.05) is 6.92 Å². The van der Waals surface area contributed by atoms with Gasteiger partial charge in [-0.1, -0.05) is 35.3 Å². The molecule has 31 heavy (non-hydrogen) atoms. The topological polar surface area (TPSA) is 85.5 Å². The molecule has 2 aromatic rings. The van der Waals surface area contributed by atoms with Gasteiger partial charge in [0.2, 0.25) is 5.88 Å². The van der Waals surface area contributed by atoms with Gasteiger partial charge in [0.1, 0.15) is 17.4 Å². The Labute approximate surface area is 192 Å². The molecule has 0 saturated heterocycles. The fraction of sp³-hybridized carbons (Fsp3) is 0.391. The number of nitrogens with two attached hydrogens (primary N) is 1. The summed E-state index contributed by atoms with van der Waals surface area (Å²) < 4.78 is 7.44. The van der Waals surface area contributed by atoms with Crippen molar-refractivity contribution in [2.24, 2.45) is 5.73 Å². The van der Waals surface area contributed by atoms with Crippen molar-refractivity contribution in [2.45, 2.75) is 39.7 Å². The minimum atomic E-state index is -0.743. The van der Waals surface area contributed by atoms with Crippen molar-refractivity contribution in [3.8, 4) is 11.8 Å². The molecule has 6 nitrogen and oxygen atoms in total. The van der Waals surface area contributed by atoms with Crippen LogP contribution < -0.4 is 20.9 Å². The number of ether oxygens (including phenoxy) is 1. The summed E-state index contributed by atoms with van der Waals surface area (Å²) in [5, 5.41) is 10.4. The minimum absolute atomic E-state index is 0.0299. The number of nitrogens with zero attached hydrogens (tertiary/aromatic N) is 2. The lowest BCUT2D eigenvalue weighted by Crippen LogP contribution is -3.11. The van der Waals surface area contributed by atoms with Crippen molar-refractivity contribution in [2.75, 3.05) is 19.6 Å². The molecule has 8 heteroatoms. The summed E-state index contributed by atoms with van der Waals surface area (Å²) in [6.07, 6.45) is 0.864. The number of nitrogens with one attached hydrogen (secondary N) is 1. The molecule has 0 unspecified atom stereocenters. The highest BCUT2D eigenvalue weighted by atomic mass is 35.5. The first-order chi connectivity index (χ1) is 14.8. The summed E-state index contributed by atoms with van der Waals surface area (Å²) in [6.45, 7) is 9.85. The fourth-order valence-electron chi connectivity index (χ4n) is 4.11. The smallest absolute Gasteiger partial charge is 0.258 e. The van der Waals surface area contributed by atoms with E-state index < -0.39 is 5.92 Å². The highest BCUT2D eigenvalue weighted by molar-refractivity contribution is 6.42. The maximum Gasteiger partial charge on any atom is 0.258 e. The number of hydrogen-bond acceptors (Lipinski definition) is 4. The van der Waals surface area contributed by atoms with Gasteiger partial charge in [-0.05, 0) is 32.4 Å². The van der Waals surface area contributed by atoms with Gasteiger partial charge in [-0.3, -0.25) is 4.79 Å². The molecule has 0 spiro atoms. The van der Waals surface area contributed by atoms with E-state index in [1.54, 1.807) is 28.8 Å². The third-order valence-electron chi connectivity index (χ3n) is 5.89. The molecule has 164 valence electrons. The standard InChI is InChI=1S/C23H26Cl2N4O2/c1-4-28(5-2)10-7-11-29-14(3)12-18-20(23(29)30)19(16(13-26)22(27)31-18)15-8-6-9-17(24)21(15)25/h6,8-9,12,19H,4-5,7,10-11,27H2,1-3H3/p+1/t19-/m0/s1. The molecule has 0 radical (unpaired) electrons. The van der Waals surface area contributed by atoms with Crippen LogP contribution in [0.1, 0.15) is 43.0 Å². The number of rotatable bonds is 7. The van der Waals surface area contributed by atoms with Crippen LogP contribution in [-0.4, -0.2) is 24.2 Å². The Bertz CT molecular complexity index is 1110. The number of hydrogen-bond donors (Lipinski definition) is 2. The molecule has 0 bridgehead atoms. The van der Waals surface area contributed by atoms with E-state index in [1.165, 1.54) is 4.90 Å². The highest BCUT2D eigenvalue weighted by Crippen LogP contribution is 2.44. The van der Waals surface area contributed by atoms with Gasteiger partial charge in [0.05, 0.1) is 41.2 Å². The zero-order valence-electron chi connectivity index (χ0n) is 18.0. The normalized spacial score (nSPS) is 15.6. The van der Waals surface area contributed by atoms with Crippen molar-refractivity contribution >= 4 is 23.2 Å². The number of nitriles is 1. The van der Waals surface area contributed by atoms with Crippen molar-refractivity contribution in [3.05, 3.63) is 72.9 Å². The molecular formula is C23H27Cl2N4O2+. The molecular weight excluding hydrogens is 435 g/mol. The van der Waals surface area contributed by atoms with Crippen LogP contribution in [0.15, 0.2) is 40.5 Å². The largest absolute Gasteiger partial charge is 0.440 e. The van der Waals surface area contributed by atoms with E-state index in [0.29, 0.717) is 33.5 Å². The van der Waals surface area contributed by atoms with Crippen LogP contribution in [0.2, 0.25) is 10.0 Å². The Morgan fingerprint density at radius 2 is 2.00 bits per heavy atom. The molecule has 1 aliphatic rings. The molecule has 0 fully saturated rings. The summed E-state index contributed by atoms with van der Waals surface area (Å²) in [7, 11) is 0. The monoisotopic (exact) mass is 461 g/mol. The van der Waals surface area contributed by atoms with Gasteiger partial charge in [-0.15, -0.1) is 0 Å². The van der Waals surface area contributed by atoms with Crippen LogP contribution in [0.5, 0.6) is 5.75 Å². The number of fused-ring (bicyclic) bond motifs is 1. The van der Waals surface area contributed by atoms with Gasteiger partial charge >= 0.3 is 0 Å². The summed E-state index contributed by atoms with van der Waals surface area (Å²) >= 11 is 12.7. The second-order valence-electron chi connectivity index (χ2n) is 7.65. The molecule has 1 aromatic carbocycles. The van der Waals surface area contributed by atoms with Crippen molar-refractivity contribution < 1.29 is 9.64 Å². The van der Waals surface area contributed by atoms with Crippen molar-refractivity contribution in [1.82, 2.24) is 4.57 Å². The molecule has 1 atom stereocenters. The van der Waals surface area contributed by atoms with Gasteiger partial charge in [0.15, 0.2) is 0 Å². The first-order valence-electron chi connectivity index (χ1n) is 10.4. The molecule has 0 amide bonds. The van der Waals surface area contributed by atoms with Crippen LogP contribution >= 0.6 is 23.2 Å². The second-order valence-corrected chi connectivity index (χ2v) is 8.43. The third-order valence-corrected chi connectivity index (χ3v) is 6.73. The van der Waals surface area contributed by atoms with Crippen LogP contribution in [0, 0.1) is 18.3 Å². The fourth-order valence-corrected chi connectivity index (χ4v) is 4.53. The number of halogens is 2. The lowest BCUT2D eigenvalue weighted by Gasteiger charge is -2.28. The van der Waals surface area contributed by atoms with Gasteiger partial charge < -0.3 is 19.9 Å².